The molecule has 2 N–H and O–H groups in total. The Hall–Kier alpha value is -1.30. The first-order valence-electron chi connectivity index (χ1n) is 3.82. The highest BCUT2D eigenvalue weighted by Gasteiger charge is 1.92. The number of benzene rings is 1. The Kier molecular flexibility index (Phi) is 3.51. The van der Waals surface area contributed by atoms with Gasteiger partial charge in [0.15, 0.2) is 0 Å². The largest absolute Gasteiger partial charge is 0.326 e. The third kappa shape index (κ3) is 2.90. The van der Waals surface area contributed by atoms with Gasteiger partial charge in [-0.1, -0.05) is 23.7 Å². The number of nitrogens with two attached hydrogens (primary N) is 1. The van der Waals surface area contributed by atoms with E-state index in [4.69, 9.17) is 22.6 Å². The first-order valence-corrected chi connectivity index (χ1v) is 4.20. The maximum Gasteiger partial charge on any atom is 0.0960 e. The van der Waals surface area contributed by atoms with Crippen LogP contribution in [0.2, 0.25) is 5.02 Å². The van der Waals surface area contributed by atoms with E-state index in [9.17, 15) is 0 Å². The van der Waals surface area contributed by atoms with Crippen LogP contribution in [0.3, 0.4) is 0 Å². The average Bonchev–Trinajstić information content (AvgIpc) is 2.17. The third-order valence-corrected chi connectivity index (χ3v) is 1.83. The van der Waals surface area contributed by atoms with Crippen LogP contribution in [0.25, 0.3) is 6.08 Å². The fraction of sp³-hybridized carbons (Fsp3) is 0.100. The lowest BCUT2D eigenvalue weighted by Gasteiger charge is -1.95. The molecule has 3 heteroatoms. The van der Waals surface area contributed by atoms with Gasteiger partial charge in [-0.05, 0) is 23.8 Å². The van der Waals surface area contributed by atoms with Crippen molar-refractivity contribution in [2.75, 3.05) is 6.54 Å². The van der Waals surface area contributed by atoms with E-state index in [0.717, 1.165) is 5.56 Å². The Balaban J connectivity index is 2.92. The summed E-state index contributed by atoms with van der Waals surface area (Å²) < 4.78 is 0. The molecule has 0 fully saturated rings. The van der Waals surface area contributed by atoms with Crippen molar-refractivity contribution in [3.63, 3.8) is 0 Å². The van der Waals surface area contributed by atoms with Crippen molar-refractivity contribution in [3.8, 4) is 6.07 Å². The van der Waals surface area contributed by atoms with Crippen LogP contribution < -0.4 is 5.73 Å². The second-order valence-electron chi connectivity index (χ2n) is 2.54. The predicted molar refractivity (Wildman–Crippen MR) is 54.1 cm³/mol. The van der Waals surface area contributed by atoms with Gasteiger partial charge in [-0.15, -0.1) is 0 Å². The zero-order chi connectivity index (χ0) is 9.68. The minimum atomic E-state index is 0.263. The van der Waals surface area contributed by atoms with Crippen molar-refractivity contribution in [3.05, 3.63) is 40.4 Å². The highest BCUT2D eigenvalue weighted by molar-refractivity contribution is 6.30. The van der Waals surface area contributed by atoms with Crippen molar-refractivity contribution in [2.45, 2.75) is 0 Å². The smallest absolute Gasteiger partial charge is 0.0960 e. The van der Waals surface area contributed by atoms with E-state index in [1.165, 1.54) is 0 Å². The Bertz CT molecular complexity index is 346. The van der Waals surface area contributed by atoms with Crippen LogP contribution in [-0.4, -0.2) is 6.54 Å². The number of nitrogens with zero attached hydrogens (tertiary/aromatic N) is 1. The van der Waals surface area contributed by atoms with Gasteiger partial charge in [-0.3, -0.25) is 0 Å². The van der Waals surface area contributed by atoms with E-state index < -0.39 is 0 Å². The third-order valence-electron chi connectivity index (χ3n) is 1.57. The molecule has 0 unspecified atom stereocenters. The summed E-state index contributed by atoms with van der Waals surface area (Å²) in [7, 11) is 0. The maximum absolute atomic E-state index is 8.62. The second-order valence-corrected chi connectivity index (χ2v) is 2.97. The van der Waals surface area contributed by atoms with Crippen molar-refractivity contribution in [2.24, 2.45) is 5.73 Å². The summed E-state index contributed by atoms with van der Waals surface area (Å²) in [6, 6.07) is 9.26. The molecule has 66 valence electrons. The quantitative estimate of drug-likeness (QED) is 0.731. The summed E-state index contributed by atoms with van der Waals surface area (Å²) in [6.45, 7) is 0.263. The van der Waals surface area contributed by atoms with E-state index >= 15 is 0 Å². The molecular formula is C10H9ClN2. The van der Waals surface area contributed by atoms with Crippen molar-refractivity contribution >= 4 is 17.7 Å². The van der Waals surface area contributed by atoms with E-state index in [1.807, 2.05) is 18.2 Å². The number of hydrogen-bond donors (Lipinski definition) is 1. The number of hydrogen-bond acceptors (Lipinski definition) is 2. The second kappa shape index (κ2) is 4.66. The number of halogens is 1. The number of rotatable bonds is 2. The first-order chi connectivity index (χ1) is 6.26. The molecule has 0 aliphatic carbocycles. The molecule has 0 aliphatic rings. The monoisotopic (exact) mass is 192 g/mol. The van der Waals surface area contributed by atoms with Gasteiger partial charge in [0, 0.05) is 17.1 Å². The van der Waals surface area contributed by atoms with E-state index in [0.29, 0.717) is 10.6 Å². The van der Waals surface area contributed by atoms with Gasteiger partial charge >= 0.3 is 0 Å². The van der Waals surface area contributed by atoms with Gasteiger partial charge in [-0.25, -0.2) is 0 Å². The zero-order valence-corrected chi connectivity index (χ0v) is 7.75. The maximum atomic E-state index is 8.62. The van der Waals surface area contributed by atoms with Gasteiger partial charge in [0.25, 0.3) is 0 Å². The summed E-state index contributed by atoms with van der Waals surface area (Å²) in [5, 5.41) is 9.30. The Labute approximate surface area is 82.2 Å². The zero-order valence-electron chi connectivity index (χ0n) is 7.00. The molecular weight excluding hydrogens is 184 g/mol. The normalized spacial score (nSPS) is 11.0. The van der Waals surface area contributed by atoms with Gasteiger partial charge in [0.05, 0.1) is 6.07 Å². The molecule has 0 atom stereocenters. The molecule has 0 spiro atoms. The van der Waals surface area contributed by atoms with Crippen molar-refractivity contribution in [1.29, 1.82) is 5.26 Å². The summed E-state index contributed by atoms with van der Waals surface area (Å²) in [5.41, 5.74) is 6.84. The van der Waals surface area contributed by atoms with Crippen LogP contribution in [-0.2, 0) is 0 Å². The molecule has 13 heavy (non-hydrogen) atoms. The predicted octanol–water partition coefficient (Wildman–Crippen LogP) is 2.21. The Morgan fingerprint density at radius 1 is 1.46 bits per heavy atom. The lowest BCUT2D eigenvalue weighted by atomic mass is 10.1. The van der Waals surface area contributed by atoms with Crippen LogP contribution in [0.4, 0.5) is 0 Å². The average molecular weight is 193 g/mol. The molecule has 0 saturated heterocycles. The number of nitriles is 1. The highest BCUT2D eigenvalue weighted by Crippen LogP contribution is 2.11. The van der Waals surface area contributed by atoms with Crippen LogP contribution >= 0.6 is 11.6 Å². The topological polar surface area (TPSA) is 49.8 Å². The van der Waals surface area contributed by atoms with E-state index in [2.05, 4.69) is 0 Å². The fourth-order valence-electron chi connectivity index (χ4n) is 0.897. The van der Waals surface area contributed by atoms with Crippen molar-refractivity contribution in [1.82, 2.24) is 0 Å². The summed E-state index contributed by atoms with van der Waals surface area (Å²) in [6.07, 6.45) is 1.75. The van der Waals surface area contributed by atoms with Crippen molar-refractivity contribution < 1.29 is 0 Å². The Morgan fingerprint density at radius 3 is 2.54 bits per heavy atom. The van der Waals surface area contributed by atoms with Gasteiger partial charge in [0.1, 0.15) is 0 Å². The molecule has 0 radical (unpaired) electrons. The minimum absolute atomic E-state index is 0.263. The molecule has 0 heterocycles. The lowest BCUT2D eigenvalue weighted by molar-refractivity contribution is 1.20. The molecule has 2 nitrogen and oxygen atoms in total. The van der Waals surface area contributed by atoms with Crippen LogP contribution in [0.1, 0.15) is 5.56 Å². The first kappa shape index (κ1) is 9.79. The lowest BCUT2D eigenvalue weighted by Crippen LogP contribution is -2.00. The van der Waals surface area contributed by atoms with Crippen LogP contribution in [0, 0.1) is 11.3 Å². The van der Waals surface area contributed by atoms with Gasteiger partial charge in [0.2, 0.25) is 0 Å². The molecule has 0 bridgehead atoms. The van der Waals surface area contributed by atoms with Gasteiger partial charge < -0.3 is 5.73 Å². The Morgan fingerprint density at radius 2 is 2.08 bits per heavy atom. The van der Waals surface area contributed by atoms with Crippen LogP contribution in [0.5, 0.6) is 0 Å². The minimum Gasteiger partial charge on any atom is -0.326 e. The summed E-state index contributed by atoms with van der Waals surface area (Å²) in [4.78, 5) is 0. The van der Waals surface area contributed by atoms with E-state index in [-0.39, 0.29) is 6.54 Å². The SMILES string of the molecule is N#C/C(=C\c1ccc(Cl)cc1)CN. The fourth-order valence-corrected chi connectivity index (χ4v) is 1.02. The molecule has 1 aromatic carbocycles. The summed E-state index contributed by atoms with van der Waals surface area (Å²) in [5.74, 6) is 0. The van der Waals surface area contributed by atoms with Crippen LogP contribution in [0.15, 0.2) is 29.8 Å². The molecule has 1 rings (SSSR count). The molecule has 0 aliphatic heterocycles. The molecule has 0 amide bonds. The van der Waals surface area contributed by atoms with Gasteiger partial charge in [-0.2, -0.15) is 5.26 Å². The molecule has 1 aromatic rings. The molecule has 0 aromatic heterocycles. The van der Waals surface area contributed by atoms with E-state index in [1.54, 1.807) is 18.2 Å². The summed E-state index contributed by atoms with van der Waals surface area (Å²) >= 11 is 5.71. The highest BCUT2D eigenvalue weighted by atomic mass is 35.5. The standard InChI is InChI=1S/C10H9ClN2/c11-10-3-1-8(2-4-10)5-9(6-12)7-13/h1-5H,6,12H2/b9-5-. The molecule has 0 saturated carbocycles.